The summed E-state index contributed by atoms with van der Waals surface area (Å²) in [4.78, 5) is 40.3. The van der Waals surface area contributed by atoms with E-state index in [-0.39, 0.29) is 51.5 Å². The van der Waals surface area contributed by atoms with Crippen LogP contribution < -0.4 is 25.7 Å². The van der Waals surface area contributed by atoms with Gasteiger partial charge in [0.2, 0.25) is 0 Å². The van der Waals surface area contributed by atoms with E-state index in [1.165, 1.54) is 12.1 Å². The molecule has 486 valence electrons. The molecule has 14 nitrogen and oxygen atoms in total. The number of nitrogen functional groups attached to an aromatic ring is 2. The summed E-state index contributed by atoms with van der Waals surface area (Å²) in [5.74, 6) is 4.62. The van der Waals surface area contributed by atoms with Gasteiger partial charge in [-0.15, -0.1) is 0 Å². The highest BCUT2D eigenvalue weighted by molar-refractivity contribution is 14.1. The monoisotopic (exact) mass is 1630 g/mol. The summed E-state index contributed by atoms with van der Waals surface area (Å²) >= 11 is 10.7. The van der Waals surface area contributed by atoms with Crippen molar-refractivity contribution in [1.82, 2.24) is 0 Å². The fourth-order valence-corrected chi connectivity index (χ4v) is 13.6. The molecular formula is C78H64Br2I2N2O12. The first-order chi connectivity index (χ1) is 46.2. The second-order valence-corrected chi connectivity index (χ2v) is 26.2. The van der Waals surface area contributed by atoms with E-state index in [0.717, 1.165) is 46.7 Å². The molecule has 0 saturated carbocycles. The van der Waals surface area contributed by atoms with Gasteiger partial charge in [-0.2, -0.15) is 0 Å². The average molecular weight is 1630 g/mol. The van der Waals surface area contributed by atoms with Crippen molar-refractivity contribution in [2.75, 3.05) is 11.5 Å². The van der Waals surface area contributed by atoms with Crippen LogP contribution in [0, 0.1) is 7.14 Å². The van der Waals surface area contributed by atoms with Crippen LogP contribution in [0.1, 0.15) is 122 Å². The van der Waals surface area contributed by atoms with Gasteiger partial charge in [0.1, 0.15) is 80.1 Å². The highest BCUT2D eigenvalue weighted by Gasteiger charge is 2.27. The Morgan fingerprint density at radius 3 is 1.00 bits per heavy atom. The number of anilines is 2. The van der Waals surface area contributed by atoms with E-state index in [2.05, 4.69) is 51.6 Å². The van der Waals surface area contributed by atoms with Crippen molar-refractivity contribution in [1.29, 1.82) is 0 Å². The minimum atomic E-state index is -0.270. The molecule has 3 aromatic heterocycles. The summed E-state index contributed by atoms with van der Waals surface area (Å²) < 4.78 is 38.2. The van der Waals surface area contributed by atoms with Crippen LogP contribution in [-0.2, 0) is 19.3 Å². The number of nitrogens with two attached hydrogens (primary N) is 2. The molecule has 0 radical (unpaired) electrons. The van der Waals surface area contributed by atoms with Gasteiger partial charge in [0, 0.05) is 87.0 Å². The van der Waals surface area contributed by atoms with Gasteiger partial charge < -0.3 is 54.2 Å². The van der Waals surface area contributed by atoms with E-state index in [1.54, 1.807) is 60.7 Å². The number of ketones is 3. The number of phenolic OH excluding ortho intramolecular Hbond substituents is 3. The number of phenols is 3. The number of aromatic hydroxyl groups is 3. The van der Waals surface area contributed by atoms with Crippen LogP contribution in [0.15, 0.2) is 224 Å². The molecule has 0 aliphatic heterocycles. The SMILES string of the molecule is C=C(Oc1ccc2c(C(=O)c3cc(Br)c(O)c(Br)c3)c(CCC)oc2c1)c1ccccc1.C=C(Oc1ccc2c(C(=O)c3cc(I)c(O)c(I)c3)c(CCC)oc2c1)c1ccccc1.C=C(Oc1ccc2c(C(=O)c3cc(N)c(O)c(N)c3)c(CCC)oc2c1)c1ccccc1. The number of furan rings is 3. The normalized spacial score (nSPS) is 10.9. The minimum Gasteiger partial charge on any atom is -0.506 e. The van der Waals surface area contributed by atoms with Gasteiger partial charge in [0.05, 0.1) is 44.2 Å². The molecule has 0 aliphatic rings. The number of carbonyl (C=O) groups is 3. The van der Waals surface area contributed by atoms with Crippen molar-refractivity contribution >= 4 is 156 Å². The number of hydrogen-bond donors (Lipinski definition) is 5. The van der Waals surface area contributed by atoms with Crippen LogP contribution >= 0.6 is 77.0 Å². The van der Waals surface area contributed by atoms with Gasteiger partial charge in [0.15, 0.2) is 23.1 Å². The lowest BCUT2D eigenvalue weighted by Gasteiger charge is -2.09. The van der Waals surface area contributed by atoms with Crippen molar-refractivity contribution < 1.29 is 57.2 Å². The number of halogens is 4. The Balaban J connectivity index is 0.000000157. The van der Waals surface area contributed by atoms with Crippen molar-refractivity contribution in [2.45, 2.75) is 59.3 Å². The summed E-state index contributed by atoms with van der Waals surface area (Å²) in [5, 5.41) is 32.0. The molecule has 0 spiro atoms. The number of carbonyl (C=O) groups excluding carboxylic acids is 3. The predicted octanol–water partition coefficient (Wildman–Crippen LogP) is 21.0. The van der Waals surface area contributed by atoms with Crippen molar-refractivity contribution in [3.8, 4) is 34.5 Å². The zero-order valence-electron chi connectivity index (χ0n) is 52.4. The zero-order chi connectivity index (χ0) is 68.5. The van der Waals surface area contributed by atoms with E-state index in [4.69, 9.17) is 38.9 Å². The quantitative estimate of drug-likeness (QED) is 0.0148. The van der Waals surface area contributed by atoms with Gasteiger partial charge in [-0.1, -0.05) is 132 Å². The molecule has 0 saturated heterocycles. The Labute approximate surface area is 598 Å². The van der Waals surface area contributed by atoms with Gasteiger partial charge >= 0.3 is 0 Å². The second kappa shape index (κ2) is 31.0. The zero-order valence-corrected chi connectivity index (χ0v) is 59.9. The maximum Gasteiger partial charge on any atom is 0.197 e. The first-order valence-electron chi connectivity index (χ1n) is 30.5. The molecule has 18 heteroatoms. The molecule has 3 heterocycles. The third-order valence-corrected chi connectivity index (χ3v) is 18.2. The molecule has 0 atom stereocenters. The van der Waals surface area contributed by atoms with Gasteiger partial charge in [0.25, 0.3) is 0 Å². The van der Waals surface area contributed by atoms with Crippen molar-refractivity contribution in [2.24, 2.45) is 0 Å². The van der Waals surface area contributed by atoms with E-state index in [0.29, 0.717) is 137 Å². The summed E-state index contributed by atoms with van der Waals surface area (Å²) in [5.41, 5.74) is 18.9. The Hall–Kier alpha value is -9.35. The van der Waals surface area contributed by atoms with Crippen molar-refractivity contribution in [3.63, 3.8) is 0 Å². The minimum absolute atomic E-state index is 0.0489. The molecule has 0 unspecified atom stereocenters. The number of fused-ring (bicyclic) bond motifs is 3. The number of benzene rings is 9. The van der Waals surface area contributed by atoms with Gasteiger partial charge in [-0.3, -0.25) is 14.4 Å². The van der Waals surface area contributed by atoms with Crippen LogP contribution in [0.25, 0.3) is 50.2 Å². The van der Waals surface area contributed by atoms with Crippen molar-refractivity contribution in [3.05, 3.63) is 285 Å². The van der Waals surface area contributed by atoms with Crippen LogP contribution in [0.4, 0.5) is 11.4 Å². The molecule has 0 bridgehead atoms. The maximum absolute atomic E-state index is 13.5. The van der Waals surface area contributed by atoms with E-state index < -0.39 is 0 Å². The lowest BCUT2D eigenvalue weighted by atomic mass is 9.97. The highest BCUT2D eigenvalue weighted by Crippen LogP contribution is 2.40. The molecule has 12 rings (SSSR count). The molecule has 96 heavy (non-hydrogen) atoms. The largest absolute Gasteiger partial charge is 0.506 e. The number of ether oxygens (including phenoxy) is 3. The molecule has 7 N–H and O–H groups in total. The summed E-state index contributed by atoms with van der Waals surface area (Å²) in [6, 6.07) is 54.6. The third-order valence-electron chi connectivity index (χ3n) is 15.3. The molecule has 9 aromatic carbocycles. The Bertz CT molecular complexity index is 4400. The first-order valence-corrected chi connectivity index (χ1v) is 34.2. The predicted molar refractivity (Wildman–Crippen MR) is 403 cm³/mol. The van der Waals surface area contributed by atoms with Gasteiger partial charge in [-0.05, 0) is 169 Å². The van der Waals surface area contributed by atoms with E-state index in [9.17, 15) is 29.7 Å². The van der Waals surface area contributed by atoms with Crippen LogP contribution in [0.5, 0.6) is 34.5 Å². The van der Waals surface area contributed by atoms with Crippen LogP contribution in [0.2, 0.25) is 0 Å². The summed E-state index contributed by atoms with van der Waals surface area (Å²) in [6.45, 7) is 18.1. The topological polar surface area (TPSA) is 231 Å². The molecule has 0 amide bonds. The fraction of sp³-hybridized carbons (Fsp3) is 0.115. The second-order valence-electron chi connectivity index (χ2n) is 22.2. The lowest BCUT2D eigenvalue weighted by Crippen LogP contribution is -2.06. The van der Waals surface area contributed by atoms with Crippen LogP contribution in [0.3, 0.4) is 0 Å². The molecule has 0 aliphatic carbocycles. The number of hydrogen-bond acceptors (Lipinski definition) is 14. The molecule has 12 aromatic rings. The Morgan fingerprint density at radius 1 is 0.406 bits per heavy atom. The first kappa shape index (κ1) is 69.5. The van der Waals surface area contributed by atoms with E-state index >= 15 is 0 Å². The third kappa shape index (κ3) is 15.6. The summed E-state index contributed by atoms with van der Waals surface area (Å²) in [6.07, 6.45) is 4.34. The molecular weight excluding hydrogens is 1570 g/mol. The van der Waals surface area contributed by atoms with Crippen LogP contribution in [-0.4, -0.2) is 32.7 Å². The fourth-order valence-electron chi connectivity index (χ4n) is 10.6. The number of aryl methyl sites for hydroxylation is 3. The standard InChI is InChI=1S/C26H20Br2O4.C26H20I2O4.C26H24N2O4/c3*1-3-7-22-24(25(29)17-12-20(27)26(30)21(28)13-17)19-11-10-18(14-23(19)32-22)31-15(2)16-8-5-4-6-9-16/h2*4-6,8-14,30H,2-3,7H2,1H3;4-6,8-14,30H,2-3,7,27-28H2,1H3. The number of rotatable bonds is 21. The van der Waals surface area contributed by atoms with Gasteiger partial charge in [-0.25, -0.2) is 0 Å². The maximum atomic E-state index is 13.5. The molecule has 0 fully saturated rings. The van der Waals surface area contributed by atoms with E-state index in [1.807, 2.05) is 175 Å². The average Bonchev–Trinajstić information content (AvgIpc) is 1.63. The Kier molecular flexibility index (Phi) is 22.5. The highest BCUT2D eigenvalue weighted by atomic mass is 127. The lowest BCUT2D eigenvalue weighted by molar-refractivity contribution is 0.103. The smallest absolute Gasteiger partial charge is 0.197 e. The Morgan fingerprint density at radius 2 is 0.698 bits per heavy atom. The summed E-state index contributed by atoms with van der Waals surface area (Å²) in [7, 11) is 0.